The van der Waals surface area contributed by atoms with Crippen molar-refractivity contribution in [1.82, 2.24) is 14.5 Å². The van der Waals surface area contributed by atoms with Crippen LogP contribution in [-0.2, 0) is 19.6 Å². The summed E-state index contributed by atoms with van der Waals surface area (Å²) in [7, 11) is -4.19. The smallest absolute Gasteiger partial charge is 0.244 e. The molecule has 1 aliphatic heterocycles. The fourth-order valence-corrected chi connectivity index (χ4v) is 5.12. The van der Waals surface area contributed by atoms with Gasteiger partial charge in [-0.1, -0.05) is 26.0 Å². The molecule has 0 spiro atoms. The van der Waals surface area contributed by atoms with Crippen molar-refractivity contribution in [2.24, 2.45) is 5.92 Å². The highest BCUT2D eigenvalue weighted by atomic mass is 32.2. The van der Waals surface area contributed by atoms with Gasteiger partial charge in [0.25, 0.3) is 0 Å². The first-order valence-corrected chi connectivity index (χ1v) is 13.4. The van der Waals surface area contributed by atoms with E-state index in [-0.39, 0.29) is 11.8 Å². The van der Waals surface area contributed by atoms with Gasteiger partial charge in [-0.25, -0.2) is 12.8 Å². The Hall–Kier alpha value is -1.65. The topological polar surface area (TPSA) is 86.8 Å². The lowest BCUT2D eigenvalue weighted by Crippen LogP contribution is -2.56. The normalized spacial score (nSPS) is 15.9. The zero-order chi connectivity index (χ0) is 23.0. The number of nitrogens with zero attached hydrogens (tertiary/aromatic N) is 2. The Balaban J connectivity index is 2.04. The van der Waals surface area contributed by atoms with Gasteiger partial charge in [0.2, 0.25) is 21.8 Å². The van der Waals surface area contributed by atoms with Crippen molar-refractivity contribution in [3.05, 3.63) is 30.1 Å². The standard InChI is InChI=1S/C21H32FN3O4S2/c1-16(2)8-9-20(26)24-11-13-25(14-12-24)21(27)18(10-15-30-3)23-31(28,29)19-7-5-4-6-17(19)22/h4-7,16,18,23H,8-15H2,1-3H3. The van der Waals surface area contributed by atoms with Crippen LogP contribution in [0.25, 0.3) is 0 Å². The van der Waals surface area contributed by atoms with Gasteiger partial charge < -0.3 is 9.80 Å². The lowest BCUT2D eigenvalue weighted by Gasteiger charge is -2.36. The molecule has 0 saturated carbocycles. The second-order valence-corrected chi connectivity index (χ2v) is 10.7. The molecule has 0 aromatic heterocycles. The summed E-state index contributed by atoms with van der Waals surface area (Å²) >= 11 is 1.50. The zero-order valence-electron chi connectivity index (χ0n) is 18.3. The van der Waals surface area contributed by atoms with Crippen LogP contribution >= 0.6 is 11.8 Å². The highest BCUT2D eigenvalue weighted by Gasteiger charge is 2.32. The SMILES string of the molecule is CSCCC(NS(=O)(=O)c1ccccc1F)C(=O)N1CCN(C(=O)CCC(C)C)CC1. The van der Waals surface area contributed by atoms with Gasteiger partial charge in [-0.15, -0.1) is 0 Å². The highest BCUT2D eigenvalue weighted by Crippen LogP contribution is 2.17. The van der Waals surface area contributed by atoms with Crippen LogP contribution < -0.4 is 4.72 Å². The number of sulfonamides is 1. The number of nitrogens with one attached hydrogen (secondary N) is 1. The summed E-state index contributed by atoms with van der Waals surface area (Å²) in [6.45, 7) is 5.70. The van der Waals surface area contributed by atoms with Crippen molar-refractivity contribution in [1.29, 1.82) is 0 Å². The second kappa shape index (κ2) is 11.8. The van der Waals surface area contributed by atoms with Crippen LogP contribution in [0.5, 0.6) is 0 Å². The van der Waals surface area contributed by atoms with Gasteiger partial charge in [0.05, 0.1) is 0 Å². The minimum atomic E-state index is -4.19. The van der Waals surface area contributed by atoms with Crippen molar-refractivity contribution in [3.8, 4) is 0 Å². The number of hydrogen-bond acceptors (Lipinski definition) is 5. The molecule has 1 saturated heterocycles. The van der Waals surface area contributed by atoms with Gasteiger partial charge in [-0.3, -0.25) is 9.59 Å². The van der Waals surface area contributed by atoms with Crippen molar-refractivity contribution in [3.63, 3.8) is 0 Å². The second-order valence-electron chi connectivity index (χ2n) is 8.02. The Kier molecular flexibility index (Phi) is 9.77. The van der Waals surface area contributed by atoms with Gasteiger partial charge in [-0.05, 0) is 42.9 Å². The first kappa shape index (κ1) is 25.6. The molecule has 0 aliphatic carbocycles. The summed E-state index contributed by atoms with van der Waals surface area (Å²) in [5, 5.41) is 0. The lowest BCUT2D eigenvalue weighted by molar-refractivity contribution is -0.140. The van der Waals surface area contributed by atoms with E-state index in [1.54, 1.807) is 9.80 Å². The predicted molar refractivity (Wildman–Crippen MR) is 121 cm³/mol. The van der Waals surface area contributed by atoms with E-state index >= 15 is 0 Å². The molecule has 2 amide bonds. The molecular weight excluding hydrogens is 441 g/mol. The molecule has 0 radical (unpaired) electrons. The summed E-state index contributed by atoms with van der Waals surface area (Å²) in [5.41, 5.74) is 0. The molecule has 2 rings (SSSR count). The monoisotopic (exact) mass is 473 g/mol. The number of hydrogen-bond donors (Lipinski definition) is 1. The minimum Gasteiger partial charge on any atom is -0.339 e. The molecule has 1 atom stereocenters. The van der Waals surface area contributed by atoms with Crippen LogP contribution in [0.4, 0.5) is 4.39 Å². The van der Waals surface area contributed by atoms with Crippen LogP contribution in [0.1, 0.15) is 33.1 Å². The summed E-state index contributed by atoms with van der Waals surface area (Å²) in [6.07, 6.45) is 3.48. The summed E-state index contributed by atoms with van der Waals surface area (Å²) in [4.78, 5) is 28.3. The molecule has 1 aromatic carbocycles. The molecule has 1 aliphatic rings. The number of thioether (sulfide) groups is 1. The fraction of sp³-hybridized carbons (Fsp3) is 0.619. The fourth-order valence-electron chi connectivity index (χ4n) is 3.35. The van der Waals surface area contributed by atoms with E-state index in [1.807, 2.05) is 6.26 Å². The molecule has 0 bridgehead atoms. The Bertz CT molecular complexity index is 856. The Morgan fingerprint density at radius 2 is 1.71 bits per heavy atom. The third-order valence-corrected chi connectivity index (χ3v) is 7.36. The molecule has 1 unspecified atom stereocenters. The van der Waals surface area contributed by atoms with Gasteiger partial charge in [0.15, 0.2) is 0 Å². The Labute approximate surface area is 188 Å². The predicted octanol–water partition coefficient (Wildman–Crippen LogP) is 2.33. The van der Waals surface area contributed by atoms with Gasteiger partial charge in [0, 0.05) is 32.6 Å². The number of piperazine rings is 1. The van der Waals surface area contributed by atoms with E-state index in [9.17, 15) is 22.4 Å². The van der Waals surface area contributed by atoms with Crippen LogP contribution in [0.2, 0.25) is 0 Å². The Morgan fingerprint density at radius 1 is 1.10 bits per heavy atom. The molecule has 7 nitrogen and oxygen atoms in total. The van der Waals surface area contributed by atoms with E-state index in [0.29, 0.717) is 50.7 Å². The molecule has 1 heterocycles. The number of halogens is 1. The molecular formula is C21H32FN3O4S2. The third-order valence-electron chi connectivity index (χ3n) is 5.21. The number of rotatable bonds is 10. The average Bonchev–Trinajstić information content (AvgIpc) is 2.74. The first-order chi connectivity index (χ1) is 14.7. The first-order valence-electron chi connectivity index (χ1n) is 10.5. The van der Waals surface area contributed by atoms with E-state index in [1.165, 1.54) is 30.0 Å². The van der Waals surface area contributed by atoms with Crippen molar-refractivity contribution in [2.45, 2.75) is 44.0 Å². The van der Waals surface area contributed by atoms with Gasteiger partial charge >= 0.3 is 0 Å². The number of carbonyl (C=O) groups excluding carboxylic acids is 2. The quantitative estimate of drug-likeness (QED) is 0.564. The number of amides is 2. The number of carbonyl (C=O) groups is 2. The van der Waals surface area contributed by atoms with Crippen molar-refractivity contribution in [2.75, 3.05) is 38.2 Å². The van der Waals surface area contributed by atoms with E-state index in [4.69, 9.17) is 0 Å². The summed E-state index contributed by atoms with van der Waals surface area (Å²) in [5.74, 6) is -0.0987. The summed E-state index contributed by atoms with van der Waals surface area (Å²) in [6, 6.07) is 4.11. The van der Waals surface area contributed by atoms with Crippen molar-refractivity contribution >= 4 is 33.6 Å². The van der Waals surface area contributed by atoms with Crippen LogP contribution in [-0.4, -0.2) is 74.3 Å². The molecule has 1 N–H and O–H groups in total. The van der Waals surface area contributed by atoms with Crippen LogP contribution in [0, 0.1) is 11.7 Å². The minimum absolute atomic E-state index is 0.0833. The van der Waals surface area contributed by atoms with E-state index in [0.717, 1.165) is 12.5 Å². The van der Waals surface area contributed by atoms with Crippen LogP contribution in [0.15, 0.2) is 29.2 Å². The highest BCUT2D eigenvalue weighted by molar-refractivity contribution is 7.98. The maximum absolute atomic E-state index is 14.0. The molecule has 31 heavy (non-hydrogen) atoms. The van der Waals surface area contributed by atoms with Crippen LogP contribution in [0.3, 0.4) is 0 Å². The molecule has 1 fully saturated rings. The van der Waals surface area contributed by atoms with E-state index in [2.05, 4.69) is 18.6 Å². The Morgan fingerprint density at radius 3 is 2.29 bits per heavy atom. The maximum atomic E-state index is 14.0. The average molecular weight is 474 g/mol. The lowest BCUT2D eigenvalue weighted by atomic mass is 10.1. The summed E-state index contributed by atoms with van der Waals surface area (Å²) < 4.78 is 41.8. The van der Waals surface area contributed by atoms with Crippen molar-refractivity contribution < 1.29 is 22.4 Å². The third kappa shape index (κ3) is 7.47. The van der Waals surface area contributed by atoms with E-state index < -0.39 is 26.8 Å². The molecule has 1 aromatic rings. The molecule has 174 valence electrons. The molecule has 10 heteroatoms. The largest absolute Gasteiger partial charge is 0.339 e. The zero-order valence-corrected chi connectivity index (χ0v) is 20.0. The van der Waals surface area contributed by atoms with Gasteiger partial charge in [0.1, 0.15) is 16.8 Å². The number of benzene rings is 1. The maximum Gasteiger partial charge on any atom is 0.244 e. The van der Waals surface area contributed by atoms with Gasteiger partial charge in [-0.2, -0.15) is 16.5 Å².